The average Bonchev–Trinajstić information content (AvgIpc) is 2.35. The summed E-state index contributed by atoms with van der Waals surface area (Å²) >= 11 is 0. The molecule has 0 aliphatic heterocycles. The van der Waals surface area contributed by atoms with Crippen molar-refractivity contribution in [2.75, 3.05) is 20.3 Å². The van der Waals surface area contributed by atoms with Gasteiger partial charge in [-0.25, -0.2) is 13.1 Å². The van der Waals surface area contributed by atoms with Crippen molar-refractivity contribution < 1.29 is 23.4 Å². The number of sulfonamides is 1. The zero-order valence-corrected chi connectivity index (χ0v) is 11.1. The quantitative estimate of drug-likeness (QED) is 0.658. The summed E-state index contributed by atoms with van der Waals surface area (Å²) in [7, 11) is -2.25. The number of methoxy groups -OCH3 is 1. The van der Waals surface area contributed by atoms with Gasteiger partial charge in [0.25, 0.3) is 0 Å². The standard InChI is InChI=1S/C11H17NO5S/c1-8-5-10(3-4-11(8)17-2)18(15,16)12-9(6-13)7-14/h3-5,9,12-14H,6-7H2,1-2H3. The molecule has 0 fully saturated rings. The van der Waals surface area contributed by atoms with Crippen LogP contribution in [0.3, 0.4) is 0 Å². The predicted octanol–water partition coefficient (Wildman–Crippen LogP) is -0.365. The van der Waals surface area contributed by atoms with Crippen molar-refractivity contribution in [1.82, 2.24) is 4.72 Å². The topological polar surface area (TPSA) is 95.9 Å². The SMILES string of the molecule is COc1ccc(S(=O)(=O)NC(CO)CO)cc1C. The Morgan fingerprint density at radius 2 is 1.94 bits per heavy atom. The third-order valence-corrected chi connectivity index (χ3v) is 3.96. The van der Waals surface area contributed by atoms with E-state index in [1.807, 2.05) is 0 Å². The van der Waals surface area contributed by atoms with E-state index in [-0.39, 0.29) is 4.90 Å². The van der Waals surface area contributed by atoms with Crippen LogP contribution in [0.25, 0.3) is 0 Å². The average molecular weight is 275 g/mol. The highest BCUT2D eigenvalue weighted by atomic mass is 32.2. The fourth-order valence-electron chi connectivity index (χ4n) is 1.44. The summed E-state index contributed by atoms with van der Waals surface area (Å²) in [4.78, 5) is 0.0627. The Morgan fingerprint density at radius 3 is 2.39 bits per heavy atom. The summed E-state index contributed by atoms with van der Waals surface area (Å²) in [6.45, 7) is 0.795. The highest BCUT2D eigenvalue weighted by Crippen LogP contribution is 2.21. The number of benzene rings is 1. The fourth-order valence-corrected chi connectivity index (χ4v) is 2.74. The van der Waals surface area contributed by atoms with Gasteiger partial charge < -0.3 is 14.9 Å². The molecule has 0 saturated carbocycles. The molecular weight excluding hydrogens is 258 g/mol. The highest BCUT2D eigenvalue weighted by molar-refractivity contribution is 7.89. The summed E-state index contributed by atoms with van der Waals surface area (Å²) in [5, 5.41) is 17.7. The van der Waals surface area contributed by atoms with Crippen molar-refractivity contribution in [2.24, 2.45) is 0 Å². The molecule has 0 amide bonds. The molecule has 0 radical (unpaired) electrons. The van der Waals surface area contributed by atoms with Crippen molar-refractivity contribution in [1.29, 1.82) is 0 Å². The number of hydrogen-bond acceptors (Lipinski definition) is 5. The maximum absolute atomic E-state index is 11.9. The van der Waals surface area contributed by atoms with Gasteiger partial charge in [0.2, 0.25) is 10.0 Å². The second kappa shape index (κ2) is 6.14. The van der Waals surface area contributed by atoms with E-state index in [0.29, 0.717) is 11.3 Å². The number of aliphatic hydroxyl groups is 2. The first kappa shape index (κ1) is 14.9. The van der Waals surface area contributed by atoms with Gasteiger partial charge in [0.05, 0.1) is 31.3 Å². The molecular formula is C11H17NO5S. The summed E-state index contributed by atoms with van der Waals surface area (Å²) in [6.07, 6.45) is 0. The lowest BCUT2D eigenvalue weighted by atomic mass is 10.2. The molecule has 0 aromatic heterocycles. The van der Waals surface area contributed by atoms with E-state index in [1.54, 1.807) is 13.0 Å². The van der Waals surface area contributed by atoms with Gasteiger partial charge >= 0.3 is 0 Å². The van der Waals surface area contributed by atoms with E-state index >= 15 is 0 Å². The fraction of sp³-hybridized carbons (Fsp3) is 0.455. The summed E-state index contributed by atoms with van der Waals surface area (Å²) < 4.78 is 31.1. The van der Waals surface area contributed by atoms with Crippen LogP contribution in [0.4, 0.5) is 0 Å². The third-order valence-electron chi connectivity index (χ3n) is 2.44. The van der Waals surface area contributed by atoms with E-state index < -0.39 is 29.3 Å². The minimum absolute atomic E-state index is 0.0627. The number of hydrogen-bond donors (Lipinski definition) is 3. The van der Waals surface area contributed by atoms with E-state index in [9.17, 15) is 8.42 Å². The van der Waals surface area contributed by atoms with Crippen molar-refractivity contribution in [3.63, 3.8) is 0 Å². The lowest BCUT2D eigenvalue weighted by molar-refractivity contribution is 0.185. The Hall–Kier alpha value is -1.15. The first-order valence-corrected chi connectivity index (χ1v) is 6.81. The zero-order chi connectivity index (χ0) is 13.8. The van der Waals surface area contributed by atoms with Crippen LogP contribution in [0.5, 0.6) is 5.75 Å². The van der Waals surface area contributed by atoms with Gasteiger partial charge in [-0.05, 0) is 30.7 Å². The van der Waals surface area contributed by atoms with Crippen LogP contribution >= 0.6 is 0 Å². The van der Waals surface area contributed by atoms with Gasteiger partial charge in [0, 0.05) is 0 Å². The second-order valence-corrected chi connectivity index (χ2v) is 5.53. The third kappa shape index (κ3) is 3.42. The number of aryl methyl sites for hydroxylation is 1. The first-order chi connectivity index (χ1) is 8.44. The van der Waals surface area contributed by atoms with Gasteiger partial charge in [-0.15, -0.1) is 0 Å². The molecule has 1 aromatic rings. The number of aliphatic hydroxyl groups excluding tert-OH is 2. The van der Waals surface area contributed by atoms with Crippen LogP contribution in [0.1, 0.15) is 5.56 Å². The normalized spacial score (nSPS) is 11.8. The maximum atomic E-state index is 11.9. The lowest BCUT2D eigenvalue weighted by Gasteiger charge is -2.14. The molecule has 1 rings (SSSR count). The molecule has 18 heavy (non-hydrogen) atoms. The number of nitrogens with one attached hydrogen (secondary N) is 1. The maximum Gasteiger partial charge on any atom is 0.240 e. The highest BCUT2D eigenvalue weighted by Gasteiger charge is 2.19. The van der Waals surface area contributed by atoms with Gasteiger partial charge in [0.15, 0.2) is 0 Å². The van der Waals surface area contributed by atoms with Gasteiger partial charge in [-0.1, -0.05) is 0 Å². The number of ether oxygens (including phenoxy) is 1. The van der Waals surface area contributed by atoms with Crippen LogP contribution in [0.15, 0.2) is 23.1 Å². The summed E-state index contributed by atoms with van der Waals surface area (Å²) in [5.41, 5.74) is 0.685. The Morgan fingerprint density at radius 1 is 1.33 bits per heavy atom. The second-order valence-electron chi connectivity index (χ2n) is 3.81. The molecule has 0 aliphatic rings. The number of rotatable bonds is 6. The zero-order valence-electron chi connectivity index (χ0n) is 10.3. The molecule has 7 heteroatoms. The Bertz CT molecular complexity index is 496. The van der Waals surface area contributed by atoms with Gasteiger partial charge in [-0.2, -0.15) is 0 Å². The van der Waals surface area contributed by atoms with Gasteiger partial charge in [0.1, 0.15) is 5.75 Å². The molecule has 0 saturated heterocycles. The van der Waals surface area contributed by atoms with Crippen molar-refractivity contribution in [3.05, 3.63) is 23.8 Å². The van der Waals surface area contributed by atoms with Crippen LogP contribution in [-0.2, 0) is 10.0 Å². The van der Waals surface area contributed by atoms with Crippen LogP contribution in [0.2, 0.25) is 0 Å². The van der Waals surface area contributed by atoms with Crippen LogP contribution < -0.4 is 9.46 Å². The molecule has 0 aliphatic carbocycles. The monoisotopic (exact) mass is 275 g/mol. The van der Waals surface area contributed by atoms with E-state index in [4.69, 9.17) is 14.9 Å². The van der Waals surface area contributed by atoms with Crippen molar-refractivity contribution >= 4 is 10.0 Å². The van der Waals surface area contributed by atoms with Crippen molar-refractivity contribution in [3.8, 4) is 5.75 Å². The van der Waals surface area contributed by atoms with E-state index in [0.717, 1.165) is 0 Å². The van der Waals surface area contributed by atoms with Gasteiger partial charge in [-0.3, -0.25) is 0 Å². The first-order valence-electron chi connectivity index (χ1n) is 5.33. The molecule has 0 spiro atoms. The minimum Gasteiger partial charge on any atom is -0.496 e. The molecule has 1 aromatic carbocycles. The Balaban J connectivity index is 3.02. The largest absolute Gasteiger partial charge is 0.496 e. The van der Waals surface area contributed by atoms with Crippen LogP contribution in [-0.4, -0.2) is 45.0 Å². The predicted molar refractivity (Wildman–Crippen MR) is 66.0 cm³/mol. The molecule has 3 N–H and O–H groups in total. The smallest absolute Gasteiger partial charge is 0.240 e. The molecule has 0 heterocycles. The van der Waals surface area contributed by atoms with Crippen molar-refractivity contribution in [2.45, 2.75) is 17.9 Å². The van der Waals surface area contributed by atoms with Crippen LogP contribution in [0, 0.1) is 6.92 Å². The molecule has 6 nitrogen and oxygen atoms in total. The molecule has 0 atom stereocenters. The van der Waals surface area contributed by atoms with E-state index in [1.165, 1.54) is 19.2 Å². The molecule has 0 unspecified atom stereocenters. The Labute approximate surface area is 106 Å². The summed E-state index contributed by atoms with van der Waals surface area (Å²) in [5.74, 6) is 0.592. The Kier molecular flexibility index (Phi) is 5.09. The molecule has 102 valence electrons. The summed E-state index contributed by atoms with van der Waals surface area (Å²) in [6, 6.07) is 3.52. The minimum atomic E-state index is -3.76. The lowest BCUT2D eigenvalue weighted by Crippen LogP contribution is -2.40. The van der Waals surface area contributed by atoms with E-state index in [2.05, 4.69) is 4.72 Å². The molecule has 0 bridgehead atoms.